The largest absolute Gasteiger partial charge is 0.289 e. The second-order valence-corrected chi connectivity index (χ2v) is 5.82. The molecule has 2 N–H and O–H groups in total. The van der Waals surface area contributed by atoms with Gasteiger partial charge >= 0.3 is 0 Å². The average Bonchev–Trinajstić information content (AvgIpc) is 2.61. The Balaban J connectivity index is 0.00000169. The summed E-state index contributed by atoms with van der Waals surface area (Å²) in [6.45, 7) is 0.323. The van der Waals surface area contributed by atoms with Gasteiger partial charge in [0.2, 0.25) is 5.91 Å². The summed E-state index contributed by atoms with van der Waals surface area (Å²) in [4.78, 5) is 37.5. The van der Waals surface area contributed by atoms with Crippen molar-refractivity contribution in [1.82, 2.24) is 10.4 Å². The summed E-state index contributed by atoms with van der Waals surface area (Å²) < 4.78 is 0. The van der Waals surface area contributed by atoms with E-state index in [1.165, 1.54) is 4.90 Å². The predicted molar refractivity (Wildman–Crippen MR) is 101 cm³/mol. The first-order valence-corrected chi connectivity index (χ1v) is 7.94. The fourth-order valence-electron chi connectivity index (χ4n) is 3.07. The van der Waals surface area contributed by atoms with Crippen molar-refractivity contribution in [3.05, 3.63) is 47.5 Å². The topological polar surface area (TPSA) is 86.7 Å². The second kappa shape index (κ2) is 9.10. The predicted octanol–water partition coefficient (Wildman–Crippen LogP) is 3.77. The number of hydroxylamine groups is 1. The van der Waals surface area contributed by atoms with Gasteiger partial charge in [-0.1, -0.05) is 45.5 Å². The molecule has 0 spiro atoms. The fourth-order valence-corrected chi connectivity index (χ4v) is 3.07. The molecule has 6 nitrogen and oxygen atoms in total. The van der Waals surface area contributed by atoms with Gasteiger partial charge in [-0.2, -0.15) is 0 Å². The molecule has 0 aliphatic carbocycles. The number of carbonyl (C=O) groups is 3. The van der Waals surface area contributed by atoms with Crippen LogP contribution in [0.25, 0.3) is 10.8 Å². The molecule has 3 amide bonds. The van der Waals surface area contributed by atoms with Crippen LogP contribution in [0.2, 0.25) is 0 Å². The summed E-state index contributed by atoms with van der Waals surface area (Å²) in [5.41, 5.74) is 2.70. The molecule has 0 saturated carbocycles. The normalized spacial score (nSPS) is 12.4. The second-order valence-electron chi connectivity index (χ2n) is 5.82. The van der Waals surface area contributed by atoms with E-state index in [0.29, 0.717) is 36.9 Å². The lowest BCUT2D eigenvalue weighted by molar-refractivity contribution is -0.129. The molecule has 1 aliphatic rings. The zero-order valence-corrected chi connectivity index (χ0v) is 13.1. The standard InChI is InChI=1S/C18H18N2O4.2CH4/c21-15(19-24)10-2-1-3-11-20-17(22)13-8-4-6-12-7-5-9-14(16(12)13)18(20)23;;/h4-9,24H,1-3,10-11H2,(H,19,21);2*1H4. The maximum atomic E-state index is 12.6. The van der Waals surface area contributed by atoms with Crippen LogP contribution in [0.3, 0.4) is 0 Å². The van der Waals surface area contributed by atoms with Gasteiger partial charge < -0.3 is 0 Å². The van der Waals surface area contributed by atoms with Crippen molar-refractivity contribution in [2.24, 2.45) is 0 Å². The molecule has 0 fully saturated rings. The number of benzene rings is 2. The summed E-state index contributed by atoms with van der Waals surface area (Å²) in [7, 11) is 0. The van der Waals surface area contributed by atoms with E-state index in [4.69, 9.17) is 5.21 Å². The van der Waals surface area contributed by atoms with Gasteiger partial charge in [0.05, 0.1) is 0 Å². The molecule has 1 aliphatic heterocycles. The number of hydrogen-bond donors (Lipinski definition) is 2. The highest BCUT2D eigenvalue weighted by Crippen LogP contribution is 2.30. The molecule has 1 heterocycles. The number of hydrogen-bond acceptors (Lipinski definition) is 4. The van der Waals surface area contributed by atoms with Crippen LogP contribution in [0, 0.1) is 0 Å². The van der Waals surface area contributed by atoms with Crippen LogP contribution in [0.1, 0.15) is 61.3 Å². The molecule has 6 heteroatoms. The minimum absolute atomic E-state index is 0. The maximum absolute atomic E-state index is 12.6. The van der Waals surface area contributed by atoms with E-state index in [0.717, 1.165) is 10.8 Å². The third kappa shape index (κ3) is 3.91. The Morgan fingerprint density at radius 3 is 2.04 bits per heavy atom. The summed E-state index contributed by atoms with van der Waals surface area (Å²) >= 11 is 0. The van der Waals surface area contributed by atoms with Crippen LogP contribution in [-0.4, -0.2) is 34.4 Å². The van der Waals surface area contributed by atoms with Crippen molar-refractivity contribution in [2.45, 2.75) is 40.5 Å². The van der Waals surface area contributed by atoms with Crippen molar-refractivity contribution in [3.63, 3.8) is 0 Å². The Morgan fingerprint density at radius 1 is 0.923 bits per heavy atom. The van der Waals surface area contributed by atoms with Gasteiger partial charge in [0.1, 0.15) is 0 Å². The van der Waals surface area contributed by atoms with E-state index < -0.39 is 5.91 Å². The quantitative estimate of drug-likeness (QED) is 0.356. The molecule has 140 valence electrons. The molecule has 26 heavy (non-hydrogen) atoms. The van der Waals surface area contributed by atoms with Crippen LogP contribution in [0.5, 0.6) is 0 Å². The first-order valence-electron chi connectivity index (χ1n) is 7.94. The molecule has 0 bridgehead atoms. The van der Waals surface area contributed by atoms with Crippen molar-refractivity contribution in [1.29, 1.82) is 0 Å². The molecule has 2 aromatic carbocycles. The molecule has 0 saturated heterocycles. The van der Waals surface area contributed by atoms with Crippen molar-refractivity contribution < 1.29 is 19.6 Å². The van der Waals surface area contributed by atoms with Gasteiger partial charge in [0.25, 0.3) is 11.8 Å². The minimum Gasteiger partial charge on any atom is -0.289 e. The first kappa shape index (κ1) is 21.3. The minimum atomic E-state index is -0.430. The molecular formula is C20H26N2O4. The number of imide groups is 1. The van der Waals surface area contributed by atoms with Crippen molar-refractivity contribution in [2.75, 3.05) is 6.54 Å². The van der Waals surface area contributed by atoms with E-state index in [2.05, 4.69) is 0 Å². The van der Waals surface area contributed by atoms with Crippen LogP contribution in [0.4, 0.5) is 0 Å². The average molecular weight is 358 g/mol. The smallest absolute Gasteiger partial charge is 0.261 e. The molecule has 0 radical (unpaired) electrons. The van der Waals surface area contributed by atoms with E-state index >= 15 is 0 Å². The van der Waals surface area contributed by atoms with Gasteiger partial charge in [0.15, 0.2) is 0 Å². The fraction of sp³-hybridized carbons (Fsp3) is 0.350. The van der Waals surface area contributed by atoms with Crippen LogP contribution in [0.15, 0.2) is 36.4 Å². The lowest BCUT2D eigenvalue weighted by atomic mass is 9.94. The summed E-state index contributed by atoms with van der Waals surface area (Å²) in [6, 6.07) is 10.9. The lowest BCUT2D eigenvalue weighted by Gasteiger charge is -2.27. The molecule has 3 rings (SSSR count). The number of nitrogens with one attached hydrogen (secondary N) is 1. The Morgan fingerprint density at radius 2 is 1.50 bits per heavy atom. The summed E-state index contributed by atoms with van der Waals surface area (Å²) in [5.74, 6) is -0.962. The third-order valence-electron chi connectivity index (χ3n) is 4.27. The lowest BCUT2D eigenvalue weighted by Crippen LogP contribution is -2.40. The molecule has 0 atom stereocenters. The van der Waals surface area contributed by atoms with Gasteiger partial charge in [-0.25, -0.2) is 5.48 Å². The zero-order valence-electron chi connectivity index (χ0n) is 13.1. The van der Waals surface area contributed by atoms with Crippen molar-refractivity contribution >= 4 is 28.5 Å². The number of unbranched alkanes of at least 4 members (excludes halogenated alkanes) is 2. The molecule has 2 aromatic rings. The monoisotopic (exact) mass is 358 g/mol. The van der Waals surface area contributed by atoms with Gasteiger partial charge in [-0.15, -0.1) is 0 Å². The first-order chi connectivity index (χ1) is 11.6. The van der Waals surface area contributed by atoms with E-state index in [-0.39, 0.29) is 33.1 Å². The highest BCUT2D eigenvalue weighted by molar-refractivity contribution is 6.25. The Labute approximate surface area is 153 Å². The van der Waals surface area contributed by atoms with Crippen LogP contribution in [-0.2, 0) is 4.79 Å². The third-order valence-corrected chi connectivity index (χ3v) is 4.27. The Bertz CT molecular complexity index is 766. The highest BCUT2D eigenvalue weighted by Gasteiger charge is 2.31. The van der Waals surface area contributed by atoms with E-state index in [1.54, 1.807) is 17.6 Å². The van der Waals surface area contributed by atoms with Gasteiger partial charge in [-0.05, 0) is 30.4 Å². The van der Waals surface area contributed by atoms with Crippen LogP contribution >= 0.6 is 0 Å². The maximum Gasteiger partial charge on any atom is 0.261 e. The van der Waals surface area contributed by atoms with E-state index in [1.807, 2.05) is 24.3 Å². The molecule has 0 aromatic heterocycles. The number of carbonyl (C=O) groups excluding carboxylic acids is 3. The van der Waals surface area contributed by atoms with Gasteiger partial charge in [-0.3, -0.25) is 24.5 Å². The van der Waals surface area contributed by atoms with Crippen LogP contribution < -0.4 is 5.48 Å². The van der Waals surface area contributed by atoms with Crippen molar-refractivity contribution in [3.8, 4) is 0 Å². The van der Waals surface area contributed by atoms with Gasteiger partial charge in [0, 0.05) is 29.5 Å². The van der Waals surface area contributed by atoms with E-state index in [9.17, 15) is 14.4 Å². The number of amides is 3. The summed E-state index contributed by atoms with van der Waals surface area (Å²) in [6.07, 6.45) is 2.12. The Hall–Kier alpha value is -2.73. The summed E-state index contributed by atoms with van der Waals surface area (Å²) in [5, 5.41) is 10.1. The number of nitrogens with zero attached hydrogens (tertiary/aromatic N) is 1. The SMILES string of the molecule is C.C.O=C(CCCCCN1C(=O)c2cccc3cccc(c23)C1=O)NO. The molecule has 0 unspecified atom stereocenters. The Kier molecular flexibility index (Phi) is 7.46. The highest BCUT2D eigenvalue weighted by atomic mass is 16.5. The zero-order chi connectivity index (χ0) is 17.1. The number of rotatable bonds is 6. The molecular weight excluding hydrogens is 332 g/mol.